The molecule has 1 aliphatic rings. The molecule has 10 heteroatoms. The Bertz CT molecular complexity index is 1270. The van der Waals surface area contributed by atoms with Gasteiger partial charge >= 0.3 is 0 Å². The van der Waals surface area contributed by atoms with Gasteiger partial charge in [-0.2, -0.15) is 0 Å². The van der Waals surface area contributed by atoms with Crippen molar-refractivity contribution >= 4 is 44.7 Å². The van der Waals surface area contributed by atoms with Crippen LogP contribution in [0.3, 0.4) is 0 Å². The summed E-state index contributed by atoms with van der Waals surface area (Å²) in [6, 6.07) is 14.6. The van der Waals surface area contributed by atoms with E-state index in [1.807, 2.05) is 24.3 Å². The highest BCUT2D eigenvalue weighted by atomic mass is 35.5. The molecule has 0 aliphatic carbocycles. The molecule has 8 nitrogen and oxygen atoms in total. The Hall–Kier alpha value is -2.75. The average molecular weight is 490 g/mol. The number of anilines is 1. The number of nitrogens with zero attached hydrogens (tertiary/aromatic N) is 4. The van der Waals surface area contributed by atoms with E-state index in [1.54, 1.807) is 43.0 Å². The first-order valence-corrected chi connectivity index (χ1v) is 12.3. The summed E-state index contributed by atoms with van der Waals surface area (Å²) >= 11 is 0. The topological polar surface area (TPSA) is 109 Å². The second-order valence-electron chi connectivity index (χ2n) is 8.72. The van der Waals surface area contributed by atoms with E-state index in [4.69, 9.17) is 5.73 Å². The van der Waals surface area contributed by atoms with Gasteiger partial charge in [-0.1, -0.05) is 36.4 Å². The summed E-state index contributed by atoms with van der Waals surface area (Å²) in [6.45, 7) is 5.88. The van der Waals surface area contributed by atoms with Gasteiger partial charge in [0, 0.05) is 48.8 Å². The van der Waals surface area contributed by atoms with Gasteiger partial charge in [0.1, 0.15) is 5.69 Å². The molecule has 1 fully saturated rings. The van der Waals surface area contributed by atoms with Crippen LogP contribution in [-0.4, -0.2) is 67.4 Å². The van der Waals surface area contributed by atoms with Crippen LogP contribution < -0.4 is 10.6 Å². The number of hydrogen-bond acceptors (Lipinski definition) is 7. The van der Waals surface area contributed by atoms with Crippen molar-refractivity contribution in [3.8, 4) is 11.3 Å². The molecule has 3 aromatic rings. The molecule has 0 saturated carbocycles. The van der Waals surface area contributed by atoms with E-state index >= 15 is 0 Å². The number of carbonyl (C=O) groups is 1. The van der Waals surface area contributed by atoms with E-state index in [2.05, 4.69) is 15.1 Å². The zero-order valence-corrected chi connectivity index (χ0v) is 20.5. The van der Waals surface area contributed by atoms with Gasteiger partial charge in [0.25, 0.3) is 0 Å². The van der Waals surface area contributed by atoms with E-state index < -0.39 is 15.4 Å². The lowest BCUT2D eigenvalue weighted by molar-refractivity contribution is -0.136. The van der Waals surface area contributed by atoms with Crippen LogP contribution in [0.25, 0.3) is 22.0 Å². The number of hydrogen-bond donors (Lipinski definition) is 1. The maximum atomic E-state index is 12.5. The molecule has 1 aromatic heterocycles. The maximum absolute atomic E-state index is 12.5. The third kappa shape index (κ3) is 5.10. The van der Waals surface area contributed by atoms with Gasteiger partial charge in [0.05, 0.1) is 10.4 Å². The summed E-state index contributed by atoms with van der Waals surface area (Å²) in [6.07, 6.45) is 1.19. The molecule has 2 aromatic carbocycles. The number of halogens is 1. The lowest BCUT2D eigenvalue weighted by Gasteiger charge is -2.38. The Morgan fingerprint density at radius 1 is 0.939 bits per heavy atom. The summed E-state index contributed by atoms with van der Waals surface area (Å²) in [5.74, 6) is 0.720. The Morgan fingerprint density at radius 2 is 1.52 bits per heavy atom. The summed E-state index contributed by atoms with van der Waals surface area (Å²) in [5, 5.41) is 10.9. The highest BCUT2D eigenvalue weighted by Crippen LogP contribution is 2.32. The zero-order valence-electron chi connectivity index (χ0n) is 18.9. The van der Waals surface area contributed by atoms with Crippen LogP contribution in [0.2, 0.25) is 0 Å². The van der Waals surface area contributed by atoms with Crippen LogP contribution in [0.15, 0.2) is 53.4 Å². The summed E-state index contributed by atoms with van der Waals surface area (Å²) in [4.78, 5) is 16.7. The van der Waals surface area contributed by atoms with Crippen molar-refractivity contribution < 1.29 is 13.2 Å². The number of carbonyl (C=O) groups excluding carboxylic acids is 1. The first-order valence-electron chi connectivity index (χ1n) is 10.4. The third-order valence-electron chi connectivity index (χ3n) is 5.64. The first kappa shape index (κ1) is 24.9. The minimum Gasteiger partial charge on any atom is -0.351 e. The van der Waals surface area contributed by atoms with Crippen LogP contribution in [-0.2, 0) is 14.6 Å². The Kier molecular flexibility index (Phi) is 6.97. The molecular formula is C23H28ClN5O3S. The second-order valence-corrected chi connectivity index (χ2v) is 10.7. The smallest absolute Gasteiger partial charge is 0.242 e. The van der Waals surface area contributed by atoms with Crippen molar-refractivity contribution in [3.05, 3.63) is 48.5 Å². The van der Waals surface area contributed by atoms with Gasteiger partial charge in [0.15, 0.2) is 15.7 Å². The first-order chi connectivity index (χ1) is 15.1. The van der Waals surface area contributed by atoms with Crippen molar-refractivity contribution in [3.63, 3.8) is 0 Å². The molecule has 176 valence electrons. The quantitative estimate of drug-likeness (QED) is 0.599. The summed E-state index contributed by atoms with van der Waals surface area (Å²) in [7, 11) is -3.26. The number of fused-ring (bicyclic) bond motifs is 1. The fourth-order valence-electron chi connectivity index (χ4n) is 3.93. The summed E-state index contributed by atoms with van der Waals surface area (Å²) < 4.78 is 23.5. The fraction of sp³-hybridized carbons (Fsp3) is 0.348. The molecule has 0 bridgehead atoms. The number of aromatic nitrogens is 2. The van der Waals surface area contributed by atoms with Gasteiger partial charge in [-0.3, -0.25) is 4.79 Å². The molecular weight excluding hydrogens is 462 g/mol. The fourth-order valence-corrected chi connectivity index (χ4v) is 4.56. The molecule has 0 unspecified atom stereocenters. The van der Waals surface area contributed by atoms with Crippen molar-refractivity contribution in [2.45, 2.75) is 24.3 Å². The molecule has 0 spiro atoms. The van der Waals surface area contributed by atoms with E-state index in [9.17, 15) is 13.2 Å². The van der Waals surface area contributed by atoms with Crippen molar-refractivity contribution in [2.75, 3.05) is 37.3 Å². The highest BCUT2D eigenvalue weighted by molar-refractivity contribution is 7.90. The molecule has 1 aliphatic heterocycles. The highest BCUT2D eigenvalue weighted by Gasteiger charge is 2.31. The average Bonchev–Trinajstić information content (AvgIpc) is 2.77. The Morgan fingerprint density at radius 3 is 2.06 bits per heavy atom. The largest absolute Gasteiger partial charge is 0.351 e. The molecule has 1 saturated heterocycles. The molecule has 0 radical (unpaired) electrons. The van der Waals surface area contributed by atoms with Crippen LogP contribution in [0.1, 0.15) is 13.8 Å². The predicted octanol–water partition coefficient (Wildman–Crippen LogP) is 2.51. The van der Waals surface area contributed by atoms with Crippen LogP contribution >= 0.6 is 12.4 Å². The SMILES string of the molecule is CC(C)(N)C(=O)N1CCN(c2nnc(-c3ccc(S(C)(=O)=O)cc3)c3ccccc23)CC1.Cl. The third-order valence-corrected chi connectivity index (χ3v) is 6.77. The summed E-state index contributed by atoms with van der Waals surface area (Å²) in [5.41, 5.74) is 6.59. The molecule has 2 N–H and O–H groups in total. The minimum absolute atomic E-state index is 0. The Labute approximate surface area is 200 Å². The van der Waals surface area contributed by atoms with E-state index in [0.29, 0.717) is 31.9 Å². The second kappa shape index (κ2) is 9.24. The lowest BCUT2D eigenvalue weighted by Crippen LogP contribution is -2.57. The Balaban J connectivity index is 0.00000306. The van der Waals surface area contributed by atoms with E-state index in [1.165, 1.54) is 6.26 Å². The molecule has 0 atom stereocenters. The molecule has 1 amide bonds. The molecule has 2 heterocycles. The lowest BCUT2D eigenvalue weighted by atomic mass is 10.0. The van der Waals surface area contributed by atoms with E-state index in [-0.39, 0.29) is 23.2 Å². The zero-order chi connectivity index (χ0) is 23.1. The van der Waals surface area contributed by atoms with Crippen molar-refractivity contribution in [1.82, 2.24) is 15.1 Å². The number of sulfone groups is 1. The normalized spacial score (nSPS) is 14.8. The number of rotatable bonds is 4. The predicted molar refractivity (Wildman–Crippen MR) is 132 cm³/mol. The molecule has 33 heavy (non-hydrogen) atoms. The number of benzene rings is 2. The number of piperazine rings is 1. The minimum atomic E-state index is -3.26. The van der Waals surface area contributed by atoms with Gasteiger partial charge in [0.2, 0.25) is 5.91 Å². The van der Waals surface area contributed by atoms with Gasteiger partial charge in [-0.25, -0.2) is 8.42 Å². The van der Waals surface area contributed by atoms with E-state index in [0.717, 1.165) is 22.2 Å². The van der Waals surface area contributed by atoms with Crippen LogP contribution in [0, 0.1) is 0 Å². The molecule has 4 rings (SSSR count). The van der Waals surface area contributed by atoms with Gasteiger partial charge in [-0.05, 0) is 26.0 Å². The van der Waals surface area contributed by atoms with Crippen molar-refractivity contribution in [1.29, 1.82) is 0 Å². The number of nitrogens with two attached hydrogens (primary N) is 1. The standard InChI is InChI=1S/C23H27N5O3S.ClH/c1-23(2,24)22(29)28-14-12-27(13-15-28)21-19-7-5-4-6-18(19)20(25-26-21)16-8-10-17(11-9-16)32(3,30)31;/h4-11H,12-15,24H2,1-3H3;1H. The number of amides is 1. The maximum Gasteiger partial charge on any atom is 0.242 e. The van der Waals surface area contributed by atoms with Gasteiger partial charge in [-0.15, -0.1) is 22.6 Å². The monoisotopic (exact) mass is 489 g/mol. The van der Waals surface area contributed by atoms with Gasteiger partial charge < -0.3 is 15.5 Å². The van der Waals surface area contributed by atoms with Crippen LogP contribution in [0.5, 0.6) is 0 Å². The van der Waals surface area contributed by atoms with Crippen molar-refractivity contribution in [2.24, 2.45) is 5.73 Å². The van der Waals surface area contributed by atoms with Crippen LogP contribution in [0.4, 0.5) is 5.82 Å².